The van der Waals surface area contributed by atoms with E-state index in [1.165, 1.54) is 5.56 Å². The van der Waals surface area contributed by atoms with E-state index >= 15 is 0 Å². The maximum absolute atomic E-state index is 9.89. The lowest BCUT2D eigenvalue weighted by molar-refractivity contribution is 0.121. The molecule has 0 saturated carbocycles. The number of hydrogen-bond donors (Lipinski definition) is 2. The first-order valence-electron chi connectivity index (χ1n) is 5.51. The molecule has 84 valence electrons. The second-order valence-electron chi connectivity index (χ2n) is 4.63. The van der Waals surface area contributed by atoms with Crippen LogP contribution in [-0.2, 0) is 0 Å². The molecule has 1 aromatic rings. The van der Waals surface area contributed by atoms with Gasteiger partial charge in [-0.25, -0.2) is 0 Å². The van der Waals surface area contributed by atoms with Crippen LogP contribution in [0.15, 0.2) is 24.3 Å². The summed E-state index contributed by atoms with van der Waals surface area (Å²) in [5, 5.41) is 9.89. The number of nitrogens with two attached hydrogens (primary N) is 1. The molecular weight excluding hydrogens is 186 g/mol. The highest BCUT2D eigenvalue weighted by Gasteiger charge is 2.17. The maximum atomic E-state index is 9.89. The molecule has 2 atom stereocenters. The average Bonchev–Trinajstić information content (AvgIpc) is 2.17. The minimum atomic E-state index is -0.451. The summed E-state index contributed by atoms with van der Waals surface area (Å²) in [7, 11) is 0. The SMILES string of the molecule is Cc1ccc([C@@H](N)[C@@H](O)CC(C)C)cc1. The lowest BCUT2D eigenvalue weighted by atomic mass is 9.95. The Bertz CT molecular complexity index is 292. The number of rotatable bonds is 4. The second-order valence-corrected chi connectivity index (χ2v) is 4.63. The van der Waals surface area contributed by atoms with Crippen LogP contribution in [0.1, 0.15) is 37.4 Å². The van der Waals surface area contributed by atoms with E-state index in [0.29, 0.717) is 5.92 Å². The minimum Gasteiger partial charge on any atom is -0.391 e. The van der Waals surface area contributed by atoms with Gasteiger partial charge in [0.15, 0.2) is 0 Å². The van der Waals surface area contributed by atoms with Crippen molar-refractivity contribution in [2.24, 2.45) is 11.7 Å². The molecule has 2 nitrogen and oxygen atoms in total. The van der Waals surface area contributed by atoms with E-state index in [0.717, 1.165) is 12.0 Å². The maximum Gasteiger partial charge on any atom is 0.0735 e. The molecule has 15 heavy (non-hydrogen) atoms. The normalized spacial score (nSPS) is 15.3. The fourth-order valence-corrected chi connectivity index (χ4v) is 1.64. The van der Waals surface area contributed by atoms with Crippen molar-refractivity contribution in [3.63, 3.8) is 0 Å². The van der Waals surface area contributed by atoms with Gasteiger partial charge in [-0.1, -0.05) is 43.7 Å². The predicted molar refractivity (Wildman–Crippen MR) is 63.6 cm³/mol. The van der Waals surface area contributed by atoms with Crippen LogP contribution < -0.4 is 5.73 Å². The van der Waals surface area contributed by atoms with Crippen molar-refractivity contribution < 1.29 is 5.11 Å². The van der Waals surface area contributed by atoms with Gasteiger partial charge in [0.05, 0.1) is 12.1 Å². The summed E-state index contributed by atoms with van der Waals surface area (Å²) in [4.78, 5) is 0. The highest BCUT2D eigenvalue weighted by Crippen LogP contribution is 2.19. The summed E-state index contributed by atoms with van der Waals surface area (Å²) in [5.41, 5.74) is 8.21. The zero-order valence-electron chi connectivity index (χ0n) is 9.77. The Morgan fingerprint density at radius 1 is 1.20 bits per heavy atom. The lowest BCUT2D eigenvalue weighted by Gasteiger charge is -2.20. The van der Waals surface area contributed by atoms with E-state index in [2.05, 4.69) is 13.8 Å². The average molecular weight is 207 g/mol. The highest BCUT2D eigenvalue weighted by atomic mass is 16.3. The van der Waals surface area contributed by atoms with Crippen LogP contribution in [0.4, 0.5) is 0 Å². The third-order valence-corrected chi connectivity index (χ3v) is 2.59. The fourth-order valence-electron chi connectivity index (χ4n) is 1.64. The first kappa shape index (κ1) is 12.2. The number of aliphatic hydroxyl groups is 1. The Morgan fingerprint density at radius 3 is 2.20 bits per heavy atom. The molecular formula is C13H21NO. The zero-order chi connectivity index (χ0) is 11.4. The van der Waals surface area contributed by atoms with Gasteiger partial charge in [0.2, 0.25) is 0 Å². The summed E-state index contributed by atoms with van der Waals surface area (Å²) in [6, 6.07) is 7.76. The monoisotopic (exact) mass is 207 g/mol. The van der Waals surface area contributed by atoms with Gasteiger partial charge in [0.1, 0.15) is 0 Å². The van der Waals surface area contributed by atoms with Gasteiger partial charge < -0.3 is 10.8 Å². The number of aliphatic hydroxyl groups excluding tert-OH is 1. The van der Waals surface area contributed by atoms with Crippen molar-refractivity contribution in [3.05, 3.63) is 35.4 Å². The van der Waals surface area contributed by atoms with Crippen LogP contribution >= 0.6 is 0 Å². The van der Waals surface area contributed by atoms with Gasteiger partial charge in [-0.2, -0.15) is 0 Å². The Hall–Kier alpha value is -0.860. The summed E-state index contributed by atoms with van der Waals surface area (Å²) >= 11 is 0. The van der Waals surface area contributed by atoms with E-state index in [4.69, 9.17) is 5.73 Å². The zero-order valence-corrected chi connectivity index (χ0v) is 9.77. The molecule has 0 aromatic heterocycles. The topological polar surface area (TPSA) is 46.2 Å². The third-order valence-electron chi connectivity index (χ3n) is 2.59. The molecule has 1 rings (SSSR count). The Labute approximate surface area is 92.1 Å². The molecule has 0 fully saturated rings. The van der Waals surface area contributed by atoms with Crippen LogP contribution in [0.3, 0.4) is 0 Å². The second kappa shape index (κ2) is 5.29. The first-order valence-corrected chi connectivity index (χ1v) is 5.51. The molecule has 0 bridgehead atoms. The largest absolute Gasteiger partial charge is 0.391 e. The highest BCUT2D eigenvalue weighted by molar-refractivity contribution is 5.24. The van der Waals surface area contributed by atoms with Crippen molar-refractivity contribution >= 4 is 0 Å². The van der Waals surface area contributed by atoms with Crippen molar-refractivity contribution in [2.75, 3.05) is 0 Å². The molecule has 0 spiro atoms. The fraction of sp³-hybridized carbons (Fsp3) is 0.538. The van der Waals surface area contributed by atoms with E-state index in [1.54, 1.807) is 0 Å². The molecule has 3 N–H and O–H groups in total. The number of hydrogen-bond acceptors (Lipinski definition) is 2. The van der Waals surface area contributed by atoms with E-state index in [-0.39, 0.29) is 6.04 Å². The number of aryl methyl sites for hydroxylation is 1. The van der Waals surface area contributed by atoms with Crippen LogP contribution in [0.25, 0.3) is 0 Å². The Kier molecular flexibility index (Phi) is 4.30. The predicted octanol–water partition coefficient (Wildman–Crippen LogP) is 2.40. The summed E-state index contributed by atoms with van der Waals surface area (Å²) in [5.74, 6) is 0.469. The summed E-state index contributed by atoms with van der Waals surface area (Å²) < 4.78 is 0. The van der Waals surface area contributed by atoms with E-state index in [1.807, 2.05) is 31.2 Å². The smallest absolute Gasteiger partial charge is 0.0735 e. The van der Waals surface area contributed by atoms with Gasteiger partial charge in [-0.05, 0) is 24.8 Å². The number of benzene rings is 1. The Morgan fingerprint density at radius 2 is 1.73 bits per heavy atom. The molecule has 0 saturated heterocycles. The van der Waals surface area contributed by atoms with E-state index in [9.17, 15) is 5.11 Å². The van der Waals surface area contributed by atoms with Crippen LogP contribution in [0.2, 0.25) is 0 Å². The van der Waals surface area contributed by atoms with Crippen LogP contribution in [0.5, 0.6) is 0 Å². The summed E-state index contributed by atoms with van der Waals surface area (Å²) in [6.07, 6.45) is 0.294. The van der Waals surface area contributed by atoms with Crippen LogP contribution in [0, 0.1) is 12.8 Å². The molecule has 0 radical (unpaired) electrons. The third kappa shape index (κ3) is 3.65. The molecule has 0 amide bonds. The van der Waals surface area contributed by atoms with Crippen molar-refractivity contribution in [3.8, 4) is 0 Å². The van der Waals surface area contributed by atoms with Gasteiger partial charge in [0, 0.05) is 0 Å². The molecule has 0 unspecified atom stereocenters. The van der Waals surface area contributed by atoms with E-state index < -0.39 is 6.10 Å². The molecule has 0 aliphatic carbocycles. The summed E-state index contributed by atoms with van der Waals surface area (Å²) in [6.45, 7) is 6.22. The molecule has 0 aliphatic rings. The lowest BCUT2D eigenvalue weighted by Crippen LogP contribution is -2.27. The standard InChI is InChI=1S/C13H21NO/c1-9(2)8-12(15)13(14)11-6-4-10(3)5-7-11/h4-7,9,12-13,15H,8,14H2,1-3H3/t12-,13+/m0/s1. The molecule has 0 heterocycles. The van der Waals surface area contributed by atoms with Crippen molar-refractivity contribution in [1.82, 2.24) is 0 Å². The first-order chi connectivity index (χ1) is 7.00. The van der Waals surface area contributed by atoms with Gasteiger partial charge in [0.25, 0.3) is 0 Å². The quantitative estimate of drug-likeness (QED) is 0.796. The molecule has 1 aromatic carbocycles. The van der Waals surface area contributed by atoms with Crippen molar-refractivity contribution in [1.29, 1.82) is 0 Å². The molecule has 2 heteroatoms. The van der Waals surface area contributed by atoms with Crippen LogP contribution in [-0.4, -0.2) is 11.2 Å². The van der Waals surface area contributed by atoms with Gasteiger partial charge in [-0.3, -0.25) is 0 Å². The van der Waals surface area contributed by atoms with Gasteiger partial charge >= 0.3 is 0 Å². The van der Waals surface area contributed by atoms with Gasteiger partial charge in [-0.15, -0.1) is 0 Å². The Balaban J connectivity index is 2.67. The molecule has 0 aliphatic heterocycles. The minimum absolute atomic E-state index is 0.270. The van der Waals surface area contributed by atoms with Crippen molar-refractivity contribution in [2.45, 2.75) is 39.3 Å².